The number of aromatic nitrogens is 2. The minimum Gasteiger partial charge on any atom is -0.307 e. The fourth-order valence-electron chi connectivity index (χ4n) is 2.26. The number of hydrogen-bond acceptors (Lipinski definition) is 3. The van der Waals surface area contributed by atoms with Gasteiger partial charge in [-0.3, -0.25) is 0 Å². The molecule has 2 aromatic rings. The number of nitrogens with zero attached hydrogens (tertiary/aromatic N) is 2. The third-order valence-corrected chi connectivity index (χ3v) is 3.15. The van der Waals surface area contributed by atoms with Crippen molar-refractivity contribution in [3.63, 3.8) is 0 Å². The van der Waals surface area contributed by atoms with Crippen molar-refractivity contribution < 1.29 is 0 Å². The third-order valence-electron chi connectivity index (χ3n) is 3.15. The summed E-state index contributed by atoms with van der Waals surface area (Å²) in [6.45, 7) is 3.86. The maximum Gasteiger partial charge on any atom is 0.133 e. The van der Waals surface area contributed by atoms with Gasteiger partial charge in [-0.05, 0) is 12.5 Å². The van der Waals surface area contributed by atoms with E-state index in [4.69, 9.17) is 0 Å². The van der Waals surface area contributed by atoms with Gasteiger partial charge in [0.25, 0.3) is 0 Å². The van der Waals surface area contributed by atoms with Crippen LogP contribution in [0.3, 0.4) is 0 Å². The van der Waals surface area contributed by atoms with Gasteiger partial charge in [-0.2, -0.15) is 0 Å². The van der Waals surface area contributed by atoms with Crippen LogP contribution in [0.2, 0.25) is 0 Å². The molecular weight excluding hydrogens is 210 g/mol. The highest BCUT2D eigenvalue weighted by Crippen LogP contribution is 2.17. The van der Waals surface area contributed by atoms with E-state index >= 15 is 0 Å². The Morgan fingerprint density at radius 2 is 1.94 bits per heavy atom. The molecule has 0 spiro atoms. The largest absolute Gasteiger partial charge is 0.307 e. The Hall–Kier alpha value is -1.74. The van der Waals surface area contributed by atoms with Crippen LogP contribution in [0.1, 0.15) is 28.3 Å². The molecule has 0 unspecified atom stereocenters. The highest BCUT2D eigenvalue weighted by atomic mass is 15.0. The predicted octanol–water partition coefficient (Wildman–Crippen LogP) is 1.98. The minimum absolute atomic E-state index is 0.814. The van der Waals surface area contributed by atoms with Gasteiger partial charge >= 0.3 is 0 Å². The lowest BCUT2D eigenvalue weighted by Gasteiger charge is -2.06. The van der Waals surface area contributed by atoms with Crippen molar-refractivity contribution in [1.29, 1.82) is 0 Å². The average molecular weight is 225 g/mol. The van der Waals surface area contributed by atoms with E-state index < -0.39 is 0 Å². The number of benzene rings is 1. The molecule has 3 rings (SSSR count). The van der Waals surface area contributed by atoms with Crippen molar-refractivity contribution in [3.05, 3.63) is 58.7 Å². The molecule has 0 bridgehead atoms. The Balaban J connectivity index is 1.92. The lowest BCUT2D eigenvalue weighted by atomic mass is 10.1. The Bertz CT molecular complexity index is 535. The first-order valence-corrected chi connectivity index (χ1v) is 5.93. The number of hydrogen-bond donors (Lipinski definition) is 1. The van der Waals surface area contributed by atoms with Crippen LogP contribution in [0.15, 0.2) is 30.3 Å². The molecular formula is C14H15N3. The number of rotatable bonds is 2. The Morgan fingerprint density at radius 1 is 1.12 bits per heavy atom. The van der Waals surface area contributed by atoms with Crippen LogP contribution in [0, 0.1) is 6.92 Å². The van der Waals surface area contributed by atoms with E-state index in [2.05, 4.69) is 46.5 Å². The van der Waals surface area contributed by atoms with Crippen LogP contribution in [-0.4, -0.2) is 9.97 Å². The SMILES string of the molecule is Cc1nc(Cc2ccccc2)nc2c1CNC2. The van der Waals surface area contributed by atoms with Crippen LogP contribution in [-0.2, 0) is 19.5 Å². The molecule has 0 radical (unpaired) electrons. The molecule has 1 aliphatic heterocycles. The van der Waals surface area contributed by atoms with E-state index in [0.29, 0.717) is 0 Å². The zero-order chi connectivity index (χ0) is 11.7. The van der Waals surface area contributed by atoms with Crippen molar-refractivity contribution in [3.8, 4) is 0 Å². The number of fused-ring (bicyclic) bond motifs is 1. The normalized spacial score (nSPS) is 13.7. The molecule has 86 valence electrons. The molecule has 2 heterocycles. The summed E-state index contributed by atoms with van der Waals surface area (Å²) >= 11 is 0. The quantitative estimate of drug-likeness (QED) is 0.849. The molecule has 0 aliphatic carbocycles. The van der Waals surface area contributed by atoms with E-state index in [9.17, 15) is 0 Å². The Kier molecular flexibility index (Phi) is 2.61. The summed E-state index contributed by atoms with van der Waals surface area (Å²) in [5, 5.41) is 3.32. The van der Waals surface area contributed by atoms with Gasteiger partial charge in [-0.15, -0.1) is 0 Å². The van der Waals surface area contributed by atoms with Crippen molar-refractivity contribution in [2.24, 2.45) is 0 Å². The fourth-order valence-corrected chi connectivity index (χ4v) is 2.26. The second kappa shape index (κ2) is 4.26. The maximum absolute atomic E-state index is 4.64. The van der Waals surface area contributed by atoms with Crippen molar-refractivity contribution in [1.82, 2.24) is 15.3 Å². The zero-order valence-electron chi connectivity index (χ0n) is 9.90. The second-order valence-electron chi connectivity index (χ2n) is 4.42. The van der Waals surface area contributed by atoms with E-state index in [0.717, 1.165) is 31.0 Å². The highest BCUT2D eigenvalue weighted by Gasteiger charge is 2.16. The molecule has 17 heavy (non-hydrogen) atoms. The van der Waals surface area contributed by atoms with Crippen LogP contribution in [0.4, 0.5) is 0 Å². The maximum atomic E-state index is 4.64. The summed E-state index contributed by atoms with van der Waals surface area (Å²) in [5.74, 6) is 0.927. The van der Waals surface area contributed by atoms with Crippen molar-refractivity contribution in [2.45, 2.75) is 26.4 Å². The van der Waals surface area contributed by atoms with E-state index in [1.165, 1.54) is 16.8 Å². The van der Waals surface area contributed by atoms with Crippen LogP contribution in [0.25, 0.3) is 0 Å². The molecule has 0 saturated carbocycles. The van der Waals surface area contributed by atoms with E-state index in [1.54, 1.807) is 0 Å². The van der Waals surface area contributed by atoms with Gasteiger partial charge < -0.3 is 5.32 Å². The predicted molar refractivity (Wildman–Crippen MR) is 66.6 cm³/mol. The smallest absolute Gasteiger partial charge is 0.133 e. The fraction of sp³-hybridized carbons (Fsp3) is 0.286. The van der Waals surface area contributed by atoms with Gasteiger partial charge in [0.1, 0.15) is 5.82 Å². The summed E-state index contributed by atoms with van der Waals surface area (Å²) in [5.41, 5.74) is 4.83. The van der Waals surface area contributed by atoms with Crippen LogP contribution < -0.4 is 5.32 Å². The number of aryl methyl sites for hydroxylation is 1. The summed E-state index contributed by atoms with van der Waals surface area (Å²) in [6, 6.07) is 10.4. The summed E-state index contributed by atoms with van der Waals surface area (Å²) < 4.78 is 0. The summed E-state index contributed by atoms with van der Waals surface area (Å²) in [6.07, 6.45) is 0.814. The third kappa shape index (κ3) is 2.06. The van der Waals surface area contributed by atoms with Gasteiger partial charge in [0, 0.05) is 30.8 Å². The minimum atomic E-state index is 0.814. The molecule has 0 fully saturated rings. The lowest BCUT2D eigenvalue weighted by Crippen LogP contribution is -2.04. The zero-order valence-corrected chi connectivity index (χ0v) is 9.90. The highest BCUT2D eigenvalue weighted by molar-refractivity contribution is 5.29. The molecule has 3 heteroatoms. The van der Waals surface area contributed by atoms with Crippen molar-refractivity contribution >= 4 is 0 Å². The molecule has 1 aromatic heterocycles. The van der Waals surface area contributed by atoms with Gasteiger partial charge in [0.05, 0.1) is 5.69 Å². The van der Waals surface area contributed by atoms with E-state index in [1.807, 2.05) is 6.07 Å². The van der Waals surface area contributed by atoms with Gasteiger partial charge in [-0.1, -0.05) is 30.3 Å². The summed E-state index contributed by atoms with van der Waals surface area (Å²) in [4.78, 5) is 9.22. The number of nitrogens with one attached hydrogen (secondary N) is 1. The summed E-state index contributed by atoms with van der Waals surface area (Å²) in [7, 11) is 0. The molecule has 1 N–H and O–H groups in total. The van der Waals surface area contributed by atoms with E-state index in [-0.39, 0.29) is 0 Å². The van der Waals surface area contributed by atoms with Gasteiger partial charge in [0.2, 0.25) is 0 Å². The molecule has 0 saturated heterocycles. The lowest BCUT2D eigenvalue weighted by molar-refractivity contribution is 0.755. The van der Waals surface area contributed by atoms with Crippen molar-refractivity contribution in [2.75, 3.05) is 0 Å². The van der Waals surface area contributed by atoms with Gasteiger partial charge in [0.15, 0.2) is 0 Å². The monoisotopic (exact) mass is 225 g/mol. The molecule has 3 nitrogen and oxygen atoms in total. The Labute approximate surface area is 101 Å². The Morgan fingerprint density at radius 3 is 2.76 bits per heavy atom. The first kappa shape index (κ1) is 10.4. The topological polar surface area (TPSA) is 37.8 Å². The first-order valence-electron chi connectivity index (χ1n) is 5.93. The van der Waals surface area contributed by atoms with Gasteiger partial charge in [-0.25, -0.2) is 9.97 Å². The standard InChI is InChI=1S/C14H15N3/c1-10-12-8-15-9-13(12)17-14(16-10)7-11-5-3-2-4-6-11/h2-6,15H,7-9H2,1H3. The molecule has 0 atom stereocenters. The molecule has 0 amide bonds. The molecule has 1 aliphatic rings. The second-order valence-corrected chi connectivity index (χ2v) is 4.42. The molecule has 1 aromatic carbocycles. The average Bonchev–Trinajstić information content (AvgIpc) is 2.79. The van der Waals surface area contributed by atoms with Crippen LogP contribution in [0.5, 0.6) is 0 Å². The first-order chi connectivity index (χ1) is 8.33. The van der Waals surface area contributed by atoms with Crippen LogP contribution >= 0.6 is 0 Å².